The smallest absolute Gasteiger partial charge is 0.422 e. The van der Waals surface area contributed by atoms with E-state index in [0.29, 0.717) is 0 Å². The summed E-state index contributed by atoms with van der Waals surface area (Å²) in [7, 11) is 0. The highest BCUT2D eigenvalue weighted by atomic mass is 35.5. The average Bonchev–Trinajstić information content (AvgIpc) is 2.14. The van der Waals surface area contributed by atoms with Gasteiger partial charge >= 0.3 is 12.1 Å². The van der Waals surface area contributed by atoms with Crippen LogP contribution in [0.5, 0.6) is 5.75 Å². The molecule has 0 radical (unpaired) electrons. The van der Waals surface area contributed by atoms with Crippen LogP contribution < -0.4 is 4.74 Å². The third kappa shape index (κ3) is 3.30. The van der Waals surface area contributed by atoms with Gasteiger partial charge in [0, 0.05) is 0 Å². The van der Waals surface area contributed by atoms with Crippen LogP contribution in [0.25, 0.3) is 0 Å². The molecule has 0 unspecified atom stereocenters. The molecule has 1 rings (SSSR count). The fourth-order valence-corrected chi connectivity index (χ4v) is 1.21. The van der Waals surface area contributed by atoms with Gasteiger partial charge in [-0.25, -0.2) is 4.79 Å². The van der Waals surface area contributed by atoms with E-state index in [1.807, 2.05) is 0 Å². The molecule has 3 nitrogen and oxygen atoms in total. The molecule has 0 aliphatic heterocycles. The fourth-order valence-electron chi connectivity index (χ4n) is 0.947. The molecular weight excluding hydrogens is 249 g/mol. The molecule has 0 bridgehead atoms. The van der Waals surface area contributed by atoms with E-state index in [1.165, 1.54) is 18.2 Å². The Bertz CT molecular complexity index is 403. The van der Waals surface area contributed by atoms with Gasteiger partial charge in [-0.3, -0.25) is 0 Å². The number of benzene rings is 1. The number of rotatable bonds is 3. The molecule has 1 N–H and O–H groups in total. The molecule has 1 aromatic carbocycles. The topological polar surface area (TPSA) is 46.5 Å². The normalized spacial score (nSPS) is 11.2. The van der Waals surface area contributed by atoms with Gasteiger partial charge in [0.15, 0.2) is 6.61 Å². The molecule has 0 aromatic heterocycles. The number of alkyl halides is 3. The zero-order chi connectivity index (χ0) is 12.3. The number of hydrogen-bond acceptors (Lipinski definition) is 2. The van der Waals surface area contributed by atoms with E-state index in [4.69, 9.17) is 16.7 Å². The van der Waals surface area contributed by atoms with Gasteiger partial charge in [-0.2, -0.15) is 13.2 Å². The third-order valence-corrected chi connectivity index (χ3v) is 1.97. The summed E-state index contributed by atoms with van der Waals surface area (Å²) >= 11 is 5.56. The highest BCUT2D eigenvalue weighted by Gasteiger charge is 2.29. The lowest BCUT2D eigenvalue weighted by atomic mass is 10.2. The Balaban J connectivity index is 2.90. The zero-order valence-electron chi connectivity index (χ0n) is 7.71. The van der Waals surface area contributed by atoms with Gasteiger partial charge < -0.3 is 9.84 Å². The Morgan fingerprint density at radius 1 is 1.44 bits per heavy atom. The van der Waals surface area contributed by atoms with Crippen LogP contribution in [0.4, 0.5) is 13.2 Å². The Kier molecular flexibility index (Phi) is 3.64. The second-order valence-electron chi connectivity index (χ2n) is 2.83. The Morgan fingerprint density at radius 3 is 2.56 bits per heavy atom. The largest absolute Gasteiger partial charge is 0.483 e. The molecule has 0 fully saturated rings. The van der Waals surface area contributed by atoms with Crippen molar-refractivity contribution in [3.63, 3.8) is 0 Å². The van der Waals surface area contributed by atoms with Crippen molar-refractivity contribution >= 4 is 17.6 Å². The molecular formula is C9H6ClF3O3. The lowest BCUT2D eigenvalue weighted by molar-refractivity contribution is -0.153. The first-order valence-corrected chi connectivity index (χ1v) is 4.40. The Morgan fingerprint density at radius 2 is 2.06 bits per heavy atom. The second-order valence-corrected chi connectivity index (χ2v) is 3.20. The summed E-state index contributed by atoms with van der Waals surface area (Å²) in [6, 6.07) is 3.59. The summed E-state index contributed by atoms with van der Waals surface area (Å²) in [6.07, 6.45) is -4.50. The number of halogens is 4. The first-order valence-electron chi connectivity index (χ1n) is 4.02. The summed E-state index contributed by atoms with van der Waals surface area (Å²) in [5, 5.41) is 8.31. The molecule has 0 amide bonds. The monoisotopic (exact) mass is 254 g/mol. The SMILES string of the molecule is O=C(O)c1cccc(OCC(F)(F)F)c1Cl. The highest BCUT2D eigenvalue weighted by molar-refractivity contribution is 6.34. The van der Waals surface area contributed by atoms with Crippen molar-refractivity contribution in [3.8, 4) is 5.75 Å². The third-order valence-electron chi connectivity index (χ3n) is 1.59. The second kappa shape index (κ2) is 4.61. The van der Waals surface area contributed by atoms with Crippen molar-refractivity contribution in [3.05, 3.63) is 28.8 Å². The van der Waals surface area contributed by atoms with Crippen LogP contribution in [0.3, 0.4) is 0 Å². The molecule has 0 atom stereocenters. The average molecular weight is 255 g/mol. The molecule has 0 spiro atoms. The Hall–Kier alpha value is -1.43. The van der Waals surface area contributed by atoms with Gasteiger partial charge in [0.2, 0.25) is 0 Å². The van der Waals surface area contributed by atoms with Gasteiger partial charge in [0.05, 0.1) is 10.6 Å². The Labute approximate surface area is 93.4 Å². The van der Waals surface area contributed by atoms with Crippen LogP contribution in [-0.2, 0) is 0 Å². The summed E-state index contributed by atoms with van der Waals surface area (Å²) in [5.41, 5.74) is -0.304. The van der Waals surface area contributed by atoms with Gasteiger partial charge in [-0.1, -0.05) is 17.7 Å². The molecule has 0 aliphatic rings. The number of hydrogen-bond donors (Lipinski definition) is 1. The van der Waals surface area contributed by atoms with Gasteiger partial charge in [0.1, 0.15) is 5.75 Å². The van der Waals surface area contributed by atoms with Crippen molar-refractivity contribution in [2.45, 2.75) is 6.18 Å². The first kappa shape index (κ1) is 12.6. The van der Waals surface area contributed by atoms with Crippen LogP contribution in [0, 0.1) is 0 Å². The van der Waals surface area contributed by atoms with Crippen molar-refractivity contribution in [2.24, 2.45) is 0 Å². The molecule has 16 heavy (non-hydrogen) atoms. The van der Waals surface area contributed by atoms with Crippen molar-refractivity contribution in [1.82, 2.24) is 0 Å². The lowest BCUT2D eigenvalue weighted by Crippen LogP contribution is -2.19. The lowest BCUT2D eigenvalue weighted by Gasteiger charge is -2.11. The molecule has 0 aliphatic carbocycles. The first-order chi connectivity index (χ1) is 7.31. The van der Waals surface area contributed by atoms with Crippen molar-refractivity contribution in [1.29, 1.82) is 0 Å². The van der Waals surface area contributed by atoms with Crippen molar-refractivity contribution in [2.75, 3.05) is 6.61 Å². The summed E-state index contributed by atoms with van der Waals surface area (Å²) < 4.78 is 39.9. The fraction of sp³-hybridized carbons (Fsp3) is 0.222. The number of carbonyl (C=O) groups is 1. The van der Waals surface area contributed by atoms with E-state index in [9.17, 15) is 18.0 Å². The van der Waals surface area contributed by atoms with Gasteiger partial charge in [-0.15, -0.1) is 0 Å². The predicted octanol–water partition coefficient (Wildman–Crippen LogP) is 2.98. The van der Waals surface area contributed by atoms with Gasteiger partial charge in [0.25, 0.3) is 0 Å². The quantitative estimate of drug-likeness (QED) is 0.902. The molecule has 7 heteroatoms. The minimum Gasteiger partial charge on any atom is -0.483 e. The number of ether oxygens (including phenoxy) is 1. The maximum Gasteiger partial charge on any atom is 0.422 e. The van der Waals surface area contributed by atoms with E-state index in [0.717, 1.165) is 0 Å². The molecule has 1 aromatic rings. The number of carboxylic acids is 1. The zero-order valence-corrected chi connectivity index (χ0v) is 8.47. The molecule has 0 heterocycles. The number of carboxylic acid groups (broad SMARTS) is 1. The predicted molar refractivity (Wildman–Crippen MR) is 50.0 cm³/mol. The van der Waals surface area contributed by atoms with Crippen LogP contribution in [0.2, 0.25) is 5.02 Å². The highest BCUT2D eigenvalue weighted by Crippen LogP contribution is 2.29. The summed E-state index contributed by atoms with van der Waals surface area (Å²) in [5.74, 6) is -1.64. The molecule has 0 saturated carbocycles. The van der Waals surface area contributed by atoms with E-state index in [2.05, 4.69) is 4.74 Å². The van der Waals surface area contributed by atoms with E-state index in [-0.39, 0.29) is 16.3 Å². The van der Waals surface area contributed by atoms with Crippen molar-refractivity contribution < 1.29 is 27.8 Å². The number of aromatic carboxylic acids is 1. The minimum absolute atomic E-state index is 0.304. The van der Waals surface area contributed by atoms with E-state index >= 15 is 0 Å². The minimum atomic E-state index is -4.50. The van der Waals surface area contributed by atoms with Gasteiger partial charge in [-0.05, 0) is 12.1 Å². The molecule has 88 valence electrons. The van der Waals surface area contributed by atoms with E-state index < -0.39 is 18.8 Å². The maximum absolute atomic E-state index is 11.8. The van der Waals surface area contributed by atoms with Crippen LogP contribution in [-0.4, -0.2) is 23.9 Å². The van der Waals surface area contributed by atoms with Crippen LogP contribution in [0.15, 0.2) is 18.2 Å². The molecule has 0 saturated heterocycles. The summed E-state index contributed by atoms with van der Waals surface area (Å²) in [6.45, 7) is -1.52. The maximum atomic E-state index is 11.8. The van der Waals surface area contributed by atoms with E-state index in [1.54, 1.807) is 0 Å². The standard InChI is InChI=1S/C9H6ClF3O3/c10-7-5(8(14)15)2-1-3-6(7)16-4-9(11,12)13/h1-3H,4H2,(H,14,15). The van der Waals surface area contributed by atoms with Crippen LogP contribution in [0.1, 0.15) is 10.4 Å². The summed E-state index contributed by atoms with van der Waals surface area (Å²) in [4.78, 5) is 10.6. The van der Waals surface area contributed by atoms with Crippen LogP contribution >= 0.6 is 11.6 Å².